The third-order valence-corrected chi connectivity index (χ3v) is 6.59. The van der Waals surface area contributed by atoms with Crippen molar-refractivity contribution in [1.82, 2.24) is 24.9 Å². The highest BCUT2D eigenvalue weighted by atomic mass is 19.1. The van der Waals surface area contributed by atoms with Crippen LogP contribution in [0.4, 0.5) is 10.2 Å². The molecule has 0 radical (unpaired) electrons. The Kier molecular flexibility index (Phi) is 5.37. The maximum Gasteiger partial charge on any atom is 0.157 e. The summed E-state index contributed by atoms with van der Waals surface area (Å²) >= 11 is 0. The van der Waals surface area contributed by atoms with Crippen LogP contribution in [-0.4, -0.2) is 52.0 Å². The molecule has 1 saturated heterocycles. The highest BCUT2D eigenvalue weighted by Gasteiger charge is 2.30. The van der Waals surface area contributed by atoms with Gasteiger partial charge in [0.05, 0.1) is 25.0 Å². The van der Waals surface area contributed by atoms with Crippen molar-refractivity contribution in [1.29, 1.82) is 0 Å². The number of aromatic nitrogens is 4. The van der Waals surface area contributed by atoms with Crippen LogP contribution < -0.4 is 15.4 Å². The van der Waals surface area contributed by atoms with E-state index in [0.29, 0.717) is 36.9 Å². The first kappa shape index (κ1) is 21.0. The van der Waals surface area contributed by atoms with Gasteiger partial charge in [0.2, 0.25) is 0 Å². The van der Waals surface area contributed by atoms with Crippen molar-refractivity contribution >= 4 is 11.5 Å². The molecule has 7 nitrogen and oxygen atoms in total. The molecule has 0 bridgehead atoms. The van der Waals surface area contributed by atoms with Crippen LogP contribution in [-0.2, 0) is 0 Å². The molecule has 3 aromatic heterocycles. The fourth-order valence-electron chi connectivity index (χ4n) is 4.58. The predicted molar refractivity (Wildman–Crippen MR) is 130 cm³/mol. The van der Waals surface area contributed by atoms with E-state index in [0.717, 1.165) is 46.8 Å². The minimum Gasteiger partial charge on any atom is -0.495 e. The number of ether oxygens (including phenoxy) is 1. The molecule has 2 atom stereocenters. The molecule has 2 fully saturated rings. The van der Waals surface area contributed by atoms with Crippen LogP contribution in [0.1, 0.15) is 30.9 Å². The second-order valence-corrected chi connectivity index (χ2v) is 9.04. The first-order valence-electron chi connectivity index (χ1n) is 11.8. The van der Waals surface area contributed by atoms with E-state index in [4.69, 9.17) is 14.8 Å². The number of benzene rings is 1. The summed E-state index contributed by atoms with van der Waals surface area (Å²) in [5, 5.41) is 11.5. The summed E-state index contributed by atoms with van der Waals surface area (Å²) in [6.07, 6.45) is 3.60. The maximum absolute atomic E-state index is 14.6. The number of nitrogens with one attached hydrogen (secondary N) is 2. The van der Waals surface area contributed by atoms with Gasteiger partial charge in [-0.25, -0.2) is 18.9 Å². The number of methoxy groups -OCH3 is 1. The minimum atomic E-state index is -0.919. The number of hydrogen-bond acceptors (Lipinski definition) is 6. The summed E-state index contributed by atoms with van der Waals surface area (Å²) in [5.41, 5.74) is 5.25. The smallest absolute Gasteiger partial charge is 0.157 e. The monoisotopic (exact) mass is 458 g/mol. The number of rotatable bonds is 6. The normalized spacial score (nSPS) is 20.4. The number of pyridine rings is 1. The first-order valence-corrected chi connectivity index (χ1v) is 11.8. The average molecular weight is 459 g/mol. The van der Waals surface area contributed by atoms with E-state index >= 15 is 0 Å². The number of anilines is 1. The van der Waals surface area contributed by atoms with Gasteiger partial charge < -0.3 is 15.4 Å². The standard InChI is InChI=1S/C26H27FN6O/c1-34-23-13-25-29-15-22(33(25)32-26(23)17-7-8-17)20-11-18(16-5-3-2-4-6-16)12-24(30-20)31-21-14-28-10-9-19(21)27/h2-6,11-13,15,17,19,21,28H,7-10,14H2,1H3,(H,30,31). The van der Waals surface area contributed by atoms with E-state index in [2.05, 4.69) is 27.8 Å². The maximum atomic E-state index is 14.6. The number of nitrogens with zero attached hydrogens (tertiary/aromatic N) is 4. The van der Waals surface area contributed by atoms with Gasteiger partial charge in [-0.1, -0.05) is 30.3 Å². The van der Waals surface area contributed by atoms with Crippen molar-refractivity contribution in [3.05, 3.63) is 60.4 Å². The van der Waals surface area contributed by atoms with Gasteiger partial charge in [-0.2, -0.15) is 5.10 Å². The molecule has 4 heterocycles. The van der Waals surface area contributed by atoms with Crippen LogP contribution in [0.3, 0.4) is 0 Å². The Bertz CT molecular complexity index is 1320. The molecule has 0 amide bonds. The molecular formula is C26H27FN6O. The zero-order valence-electron chi connectivity index (χ0n) is 19.0. The van der Waals surface area contributed by atoms with E-state index in [1.165, 1.54) is 0 Å². The number of alkyl halides is 1. The first-order chi connectivity index (χ1) is 16.7. The van der Waals surface area contributed by atoms with E-state index in [-0.39, 0.29) is 6.04 Å². The SMILES string of the molecule is COc1cc2ncc(-c3cc(-c4ccccc4)cc(NC4CNCCC4F)n3)n2nc1C1CC1. The fourth-order valence-corrected chi connectivity index (χ4v) is 4.58. The molecule has 1 aliphatic carbocycles. The lowest BCUT2D eigenvalue weighted by Crippen LogP contribution is -2.46. The lowest BCUT2D eigenvalue weighted by Gasteiger charge is -2.28. The Morgan fingerprint density at radius 1 is 1.09 bits per heavy atom. The summed E-state index contributed by atoms with van der Waals surface area (Å²) in [6.45, 7) is 1.26. The summed E-state index contributed by atoms with van der Waals surface area (Å²) in [6, 6.07) is 15.8. The zero-order chi connectivity index (χ0) is 23.1. The van der Waals surface area contributed by atoms with Crippen LogP contribution in [0.25, 0.3) is 28.2 Å². The zero-order valence-corrected chi connectivity index (χ0v) is 19.0. The Morgan fingerprint density at radius 2 is 1.94 bits per heavy atom. The van der Waals surface area contributed by atoms with Crippen molar-refractivity contribution in [2.75, 3.05) is 25.5 Å². The van der Waals surface area contributed by atoms with Gasteiger partial charge in [0.15, 0.2) is 5.65 Å². The highest BCUT2D eigenvalue weighted by Crippen LogP contribution is 2.43. The second kappa shape index (κ2) is 8.68. The Labute approximate surface area is 197 Å². The van der Waals surface area contributed by atoms with Gasteiger partial charge in [0.25, 0.3) is 0 Å². The number of fused-ring (bicyclic) bond motifs is 1. The van der Waals surface area contributed by atoms with E-state index in [9.17, 15) is 4.39 Å². The number of hydrogen-bond donors (Lipinski definition) is 2. The largest absolute Gasteiger partial charge is 0.495 e. The third-order valence-electron chi connectivity index (χ3n) is 6.59. The minimum absolute atomic E-state index is 0.328. The molecule has 1 saturated carbocycles. The highest BCUT2D eigenvalue weighted by molar-refractivity contribution is 5.73. The number of piperidine rings is 1. The van der Waals surface area contributed by atoms with Gasteiger partial charge >= 0.3 is 0 Å². The molecule has 2 unspecified atom stereocenters. The van der Waals surface area contributed by atoms with Crippen molar-refractivity contribution in [3.8, 4) is 28.3 Å². The van der Waals surface area contributed by atoms with Crippen LogP contribution in [0.2, 0.25) is 0 Å². The number of imidazole rings is 1. The summed E-state index contributed by atoms with van der Waals surface area (Å²) in [5.74, 6) is 1.84. The number of halogens is 1. The molecule has 2 aliphatic rings. The summed E-state index contributed by atoms with van der Waals surface area (Å²) < 4.78 is 22.0. The molecule has 4 aromatic rings. The van der Waals surface area contributed by atoms with Gasteiger partial charge in [0.1, 0.15) is 29.1 Å². The van der Waals surface area contributed by atoms with E-state index < -0.39 is 6.17 Å². The molecule has 1 aromatic carbocycles. The molecule has 34 heavy (non-hydrogen) atoms. The van der Waals surface area contributed by atoms with Crippen molar-refractivity contribution in [2.24, 2.45) is 0 Å². The van der Waals surface area contributed by atoms with E-state index in [1.54, 1.807) is 13.3 Å². The molecular weight excluding hydrogens is 431 g/mol. The molecule has 8 heteroatoms. The molecule has 2 N–H and O–H groups in total. The van der Waals surface area contributed by atoms with Gasteiger partial charge in [-0.3, -0.25) is 0 Å². The van der Waals surface area contributed by atoms with Crippen LogP contribution in [0, 0.1) is 0 Å². The lowest BCUT2D eigenvalue weighted by atomic mass is 10.0. The van der Waals surface area contributed by atoms with Gasteiger partial charge in [-0.05, 0) is 49.1 Å². The van der Waals surface area contributed by atoms with E-state index in [1.807, 2.05) is 40.9 Å². The Morgan fingerprint density at radius 3 is 2.71 bits per heavy atom. The molecule has 0 spiro atoms. The summed E-state index contributed by atoms with van der Waals surface area (Å²) in [4.78, 5) is 9.45. The lowest BCUT2D eigenvalue weighted by molar-refractivity contribution is 0.241. The quantitative estimate of drug-likeness (QED) is 0.444. The van der Waals surface area contributed by atoms with Crippen molar-refractivity contribution < 1.29 is 9.13 Å². The Hall–Kier alpha value is -3.52. The van der Waals surface area contributed by atoms with Crippen LogP contribution >= 0.6 is 0 Å². The average Bonchev–Trinajstić information content (AvgIpc) is 3.64. The predicted octanol–water partition coefficient (Wildman–Crippen LogP) is 4.46. The Balaban J connectivity index is 1.46. The molecule has 174 valence electrons. The summed E-state index contributed by atoms with van der Waals surface area (Å²) in [7, 11) is 1.67. The van der Waals surface area contributed by atoms with Crippen LogP contribution in [0.5, 0.6) is 5.75 Å². The van der Waals surface area contributed by atoms with Crippen LogP contribution in [0.15, 0.2) is 54.7 Å². The fraction of sp³-hybridized carbons (Fsp3) is 0.346. The molecule has 6 rings (SSSR count). The van der Waals surface area contributed by atoms with Crippen molar-refractivity contribution in [2.45, 2.75) is 37.4 Å². The third kappa shape index (κ3) is 3.98. The van der Waals surface area contributed by atoms with Gasteiger partial charge in [0, 0.05) is 18.5 Å². The van der Waals surface area contributed by atoms with Crippen molar-refractivity contribution in [3.63, 3.8) is 0 Å². The molecule has 1 aliphatic heterocycles. The topological polar surface area (TPSA) is 76.4 Å². The second-order valence-electron chi connectivity index (χ2n) is 9.04. The van der Waals surface area contributed by atoms with Gasteiger partial charge in [-0.15, -0.1) is 0 Å².